The van der Waals surface area contributed by atoms with Gasteiger partial charge in [-0.05, 0) is 35.9 Å². The molecule has 0 saturated heterocycles. The molecule has 0 aliphatic rings. The minimum atomic E-state index is -1.03. The second-order valence-corrected chi connectivity index (χ2v) is 4.33. The van der Waals surface area contributed by atoms with Crippen molar-refractivity contribution in [3.05, 3.63) is 64.9 Å². The third kappa shape index (κ3) is 3.83. The van der Waals surface area contributed by atoms with Gasteiger partial charge in [0.25, 0.3) is 0 Å². The molecule has 0 radical (unpaired) electrons. The lowest BCUT2D eigenvalue weighted by Crippen LogP contribution is -1.87. The molecule has 0 fully saturated rings. The lowest BCUT2D eigenvalue weighted by Gasteiger charge is -2.07. The maximum Gasteiger partial charge on any atom is 0.328 e. The number of ether oxygens (including phenoxy) is 1. The van der Waals surface area contributed by atoms with Gasteiger partial charge in [-0.25, -0.2) is 9.18 Å². The van der Waals surface area contributed by atoms with E-state index in [9.17, 15) is 9.18 Å². The fraction of sp³-hybridized carbons (Fsp3) is 0. The second kappa shape index (κ2) is 6.21. The number of benzene rings is 2. The Morgan fingerprint density at radius 1 is 1.20 bits per heavy atom. The highest BCUT2D eigenvalue weighted by atomic mass is 35.5. The van der Waals surface area contributed by atoms with Crippen LogP contribution in [0.3, 0.4) is 0 Å². The first-order valence-electron chi connectivity index (χ1n) is 5.68. The normalized spacial score (nSPS) is 10.7. The van der Waals surface area contributed by atoms with E-state index in [1.165, 1.54) is 24.3 Å². The van der Waals surface area contributed by atoms with E-state index in [0.717, 1.165) is 6.08 Å². The van der Waals surface area contributed by atoms with Crippen LogP contribution in [-0.2, 0) is 4.79 Å². The number of carboxylic acids is 1. The third-order valence-corrected chi connectivity index (χ3v) is 2.69. The van der Waals surface area contributed by atoms with Crippen molar-refractivity contribution in [2.75, 3.05) is 0 Å². The van der Waals surface area contributed by atoms with Crippen LogP contribution in [0, 0.1) is 5.82 Å². The summed E-state index contributed by atoms with van der Waals surface area (Å²) in [4.78, 5) is 10.4. The number of carbonyl (C=O) groups is 1. The summed E-state index contributed by atoms with van der Waals surface area (Å²) >= 11 is 5.66. The van der Waals surface area contributed by atoms with Gasteiger partial charge in [0.15, 0.2) is 0 Å². The lowest BCUT2D eigenvalue weighted by atomic mass is 10.2. The van der Waals surface area contributed by atoms with Gasteiger partial charge in [-0.1, -0.05) is 23.7 Å². The molecule has 2 rings (SSSR count). The van der Waals surface area contributed by atoms with Crippen LogP contribution in [0.4, 0.5) is 4.39 Å². The van der Waals surface area contributed by atoms with E-state index >= 15 is 0 Å². The Kier molecular flexibility index (Phi) is 4.38. The molecule has 0 spiro atoms. The van der Waals surface area contributed by atoms with E-state index in [2.05, 4.69) is 0 Å². The molecule has 1 N–H and O–H groups in total. The number of hydrogen-bond acceptors (Lipinski definition) is 2. The van der Waals surface area contributed by atoms with Crippen LogP contribution in [0.5, 0.6) is 11.5 Å². The monoisotopic (exact) mass is 292 g/mol. The van der Waals surface area contributed by atoms with E-state index in [-0.39, 0.29) is 5.02 Å². The molecule has 0 atom stereocenters. The first kappa shape index (κ1) is 14.1. The van der Waals surface area contributed by atoms with E-state index < -0.39 is 11.8 Å². The second-order valence-electron chi connectivity index (χ2n) is 3.92. The fourth-order valence-corrected chi connectivity index (χ4v) is 1.70. The van der Waals surface area contributed by atoms with Crippen molar-refractivity contribution in [3.63, 3.8) is 0 Å². The Hall–Kier alpha value is -2.33. The Morgan fingerprint density at radius 2 is 1.95 bits per heavy atom. The molecule has 0 unspecified atom stereocenters. The van der Waals surface area contributed by atoms with Crippen LogP contribution in [-0.4, -0.2) is 11.1 Å². The van der Waals surface area contributed by atoms with Gasteiger partial charge < -0.3 is 9.84 Å². The molecule has 0 aliphatic carbocycles. The summed E-state index contributed by atoms with van der Waals surface area (Å²) in [6, 6.07) is 10.9. The number of carboxylic acid groups (broad SMARTS) is 1. The zero-order chi connectivity index (χ0) is 14.5. The molecule has 0 heterocycles. The van der Waals surface area contributed by atoms with Crippen LogP contribution < -0.4 is 4.74 Å². The van der Waals surface area contributed by atoms with Gasteiger partial charge in [-0.15, -0.1) is 0 Å². The molecule has 2 aromatic carbocycles. The third-order valence-electron chi connectivity index (χ3n) is 2.40. The molecule has 2 aromatic rings. The van der Waals surface area contributed by atoms with Crippen molar-refractivity contribution < 1.29 is 19.0 Å². The minimum Gasteiger partial charge on any atom is -0.478 e. The summed E-state index contributed by atoms with van der Waals surface area (Å²) in [5.74, 6) is -0.644. The molecule has 0 amide bonds. The molecular formula is C15H10ClFO3. The van der Waals surface area contributed by atoms with Crippen LogP contribution in [0.15, 0.2) is 48.5 Å². The quantitative estimate of drug-likeness (QED) is 0.851. The van der Waals surface area contributed by atoms with Crippen molar-refractivity contribution in [3.8, 4) is 11.5 Å². The maximum atomic E-state index is 13.0. The van der Waals surface area contributed by atoms with E-state index in [1.54, 1.807) is 24.3 Å². The van der Waals surface area contributed by atoms with Gasteiger partial charge in [0.1, 0.15) is 17.3 Å². The van der Waals surface area contributed by atoms with Crippen molar-refractivity contribution in [1.29, 1.82) is 0 Å². The Balaban J connectivity index is 2.19. The Labute approximate surface area is 119 Å². The van der Waals surface area contributed by atoms with Crippen molar-refractivity contribution in [1.82, 2.24) is 0 Å². The molecule has 0 aromatic heterocycles. The van der Waals surface area contributed by atoms with E-state index in [0.29, 0.717) is 17.1 Å². The maximum absolute atomic E-state index is 13.0. The fourth-order valence-electron chi connectivity index (χ4n) is 1.53. The van der Waals surface area contributed by atoms with Crippen LogP contribution in [0.25, 0.3) is 6.08 Å². The predicted octanol–water partition coefficient (Wildman–Crippen LogP) is 4.37. The molecule has 20 heavy (non-hydrogen) atoms. The lowest BCUT2D eigenvalue weighted by molar-refractivity contribution is -0.131. The van der Waals surface area contributed by atoms with Gasteiger partial charge in [-0.2, -0.15) is 0 Å². The number of aliphatic carboxylic acids is 1. The SMILES string of the molecule is O=C(O)C=Cc1cccc(Oc2ccc(F)c(Cl)c2)c1. The number of halogens is 2. The van der Waals surface area contributed by atoms with Crippen LogP contribution >= 0.6 is 11.6 Å². The van der Waals surface area contributed by atoms with Gasteiger partial charge in [0, 0.05) is 12.1 Å². The summed E-state index contributed by atoms with van der Waals surface area (Å²) in [7, 11) is 0. The molecule has 5 heteroatoms. The average molecular weight is 293 g/mol. The van der Waals surface area contributed by atoms with Gasteiger partial charge in [0.05, 0.1) is 5.02 Å². The topological polar surface area (TPSA) is 46.5 Å². The first-order chi connectivity index (χ1) is 9.54. The molecule has 102 valence electrons. The highest BCUT2D eigenvalue weighted by Crippen LogP contribution is 2.26. The highest BCUT2D eigenvalue weighted by Gasteiger charge is 2.03. The van der Waals surface area contributed by atoms with E-state index in [1.807, 2.05) is 0 Å². The number of hydrogen-bond donors (Lipinski definition) is 1. The van der Waals surface area contributed by atoms with Crippen LogP contribution in [0.1, 0.15) is 5.56 Å². The van der Waals surface area contributed by atoms with Gasteiger partial charge in [0.2, 0.25) is 0 Å². The predicted molar refractivity (Wildman–Crippen MR) is 74.6 cm³/mol. The minimum absolute atomic E-state index is 0.0237. The highest BCUT2D eigenvalue weighted by molar-refractivity contribution is 6.30. The summed E-state index contributed by atoms with van der Waals surface area (Å²) in [6.45, 7) is 0. The summed E-state index contributed by atoms with van der Waals surface area (Å²) in [5, 5.41) is 8.54. The average Bonchev–Trinajstić information content (AvgIpc) is 2.41. The standard InChI is InChI=1S/C15H10ClFO3/c16-13-9-12(5-6-14(13)17)20-11-3-1-2-10(8-11)4-7-15(18)19/h1-9H,(H,18,19). The molecule has 3 nitrogen and oxygen atoms in total. The van der Waals surface area contributed by atoms with Crippen molar-refractivity contribution >= 4 is 23.6 Å². The summed E-state index contributed by atoms with van der Waals surface area (Å²) < 4.78 is 18.6. The van der Waals surface area contributed by atoms with Crippen LogP contribution in [0.2, 0.25) is 5.02 Å². The molecule has 0 aliphatic heterocycles. The Morgan fingerprint density at radius 3 is 2.65 bits per heavy atom. The zero-order valence-corrected chi connectivity index (χ0v) is 11.0. The van der Waals surface area contributed by atoms with Gasteiger partial charge >= 0.3 is 5.97 Å². The first-order valence-corrected chi connectivity index (χ1v) is 6.06. The summed E-state index contributed by atoms with van der Waals surface area (Å²) in [5.41, 5.74) is 0.679. The summed E-state index contributed by atoms with van der Waals surface area (Å²) in [6.07, 6.45) is 2.49. The molecule has 0 saturated carbocycles. The van der Waals surface area contributed by atoms with E-state index in [4.69, 9.17) is 21.4 Å². The van der Waals surface area contributed by atoms with Crippen molar-refractivity contribution in [2.45, 2.75) is 0 Å². The molecular weight excluding hydrogens is 283 g/mol. The number of rotatable bonds is 4. The Bertz CT molecular complexity index is 668. The smallest absolute Gasteiger partial charge is 0.328 e. The van der Waals surface area contributed by atoms with Crippen molar-refractivity contribution in [2.24, 2.45) is 0 Å². The van der Waals surface area contributed by atoms with Gasteiger partial charge in [-0.3, -0.25) is 0 Å². The zero-order valence-electron chi connectivity index (χ0n) is 10.2. The molecule has 0 bridgehead atoms. The largest absolute Gasteiger partial charge is 0.478 e.